The van der Waals surface area contributed by atoms with Crippen molar-refractivity contribution in [3.05, 3.63) is 235 Å². The molecule has 14 rings (SSSR count). The van der Waals surface area contributed by atoms with E-state index < -0.39 is 6.09 Å². The number of nitrogens with zero attached hydrogens (tertiary/aromatic N) is 7. The molecule has 4 unspecified atom stereocenters. The van der Waals surface area contributed by atoms with Crippen LogP contribution in [0.4, 0.5) is 9.59 Å². The summed E-state index contributed by atoms with van der Waals surface area (Å²) < 4.78 is 11.4. The molecule has 3 amide bonds. The predicted molar refractivity (Wildman–Crippen MR) is 366 cm³/mol. The fraction of sp³-hybridized carbons (Fsp3) is 0.387. The minimum atomic E-state index is -0.391. The van der Waals surface area contributed by atoms with E-state index in [0.29, 0.717) is 56.0 Å². The van der Waals surface area contributed by atoms with Gasteiger partial charge in [0, 0.05) is 100 Å². The first-order chi connectivity index (χ1) is 46.7. The summed E-state index contributed by atoms with van der Waals surface area (Å²) in [6.45, 7) is 11.3. The number of aromatic amines is 2. The van der Waals surface area contributed by atoms with Crippen molar-refractivity contribution >= 4 is 34.9 Å². The molecule has 4 atom stereocenters. The number of carbonyl (C=O) groups excluding carboxylic acids is 4. The van der Waals surface area contributed by atoms with Crippen LogP contribution in [0.25, 0.3) is 22.3 Å². The van der Waals surface area contributed by atoms with Crippen LogP contribution < -0.4 is 27.5 Å². The van der Waals surface area contributed by atoms with Gasteiger partial charge in [-0.1, -0.05) is 172 Å². The topological polar surface area (TPSA) is 264 Å². The Balaban J connectivity index is 0.000000152. The number of piperidine rings is 1. The Kier molecular flexibility index (Phi) is 21.7. The molecule has 1 saturated carbocycles. The van der Waals surface area contributed by atoms with Gasteiger partial charge in [-0.05, 0) is 118 Å². The first-order valence-electron chi connectivity index (χ1n) is 33.6. The quantitative estimate of drug-likeness (QED) is 0.0563. The third-order valence-electron chi connectivity index (χ3n) is 19.9. The first kappa shape index (κ1) is 66.8. The lowest BCUT2D eigenvalue weighted by Crippen LogP contribution is -2.43. The van der Waals surface area contributed by atoms with Crippen molar-refractivity contribution in [3.8, 4) is 22.3 Å². The number of aromatic nitrogens is 6. The normalized spacial score (nSPS) is 20.7. The second kappa shape index (κ2) is 31.1. The van der Waals surface area contributed by atoms with Gasteiger partial charge in [0.05, 0.1) is 6.54 Å². The molecule has 3 aliphatic carbocycles. The number of ether oxygens (including phenoxy) is 2. The van der Waals surface area contributed by atoms with Gasteiger partial charge < -0.3 is 40.7 Å². The predicted octanol–water partition coefficient (Wildman–Crippen LogP) is 10.4. The zero-order valence-electron chi connectivity index (χ0n) is 54.3. The highest BCUT2D eigenvalue weighted by molar-refractivity contribution is 6.64. The summed E-state index contributed by atoms with van der Waals surface area (Å²) in [5, 5.41) is 22.2. The molecule has 0 spiro atoms. The highest BCUT2D eigenvalue weighted by Crippen LogP contribution is 2.46. The lowest BCUT2D eigenvalue weighted by Gasteiger charge is -2.31. The summed E-state index contributed by atoms with van der Waals surface area (Å²) in [4.78, 5) is 86.5. The summed E-state index contributed by atoms with van der Waals surface area (Å²) in [7, 11) is 0. The van der Waals surface area contributed by atoms with Gasteiger partial charge in [-0.3, -0.25) is 29.0 Å². The maximum atomic E-state index is 13.0. The minimum absolute atomic E-state index is 0.00544. The van der Waals surface area contributed by atoms with Crippen molar-refractivity contribution in [2.24, 2.45) is 29.4 Å². The number of halogens is 1. The number of rotatable bonds is 16. The molecule has 3 aliphatic heterocycles. The Morgan fingerprint density at radius 1 is 0.531 bits per heavy atom. The van der Waals surface area contributed by atoms with Crippen LogP contribution in [0, 0.1) is 23.7 Å². The molecule has 6 aromatic carbocycles. The summed E-state index contributed by atoms with van der Waals surface area (Å²) in [6.07, 6.45) is 3.25. The Bertz CT molecular complexity index is 4050. The third-order valence-corrected chi connectivity index (χ3v) is 20.2. The van der Waals surface area contributed by atoms with Crippen molar-refractivity contribution in [2.75, 3.05) is 52.5 Å². The number of likely N-dealkylation sites (tertiary alicyclic amines) is 3. The highest BCUT2D eigenvalue weighted by atomic mass is 35.5. The van der Waals surface area contributed by atoms with Crippen molar-refractivity contribution in [1.29, 1.82) is 0 Å². The number of H-pyrrole nitrogens is 2. The van der Waals surface area contributed by atoms with Gasteiger partial charge in [-0.15, -0.1) is 20.4 Å². The molecule has 8 aromatic rings. The molecular weight excluding hydrogens is 1230 g/mol. The number of benzene rings is 6. The Morgan fingerprint density at radius 2 is 0.958 bits per heavy atom. The number of carbonyl (C=O) groups is 4. The number of hydrogen-bond acceptors (Lipinski definition) is 15. The number of alkyl carbamates (subject to hydrolysis) is 1. The number of hydrogen-bond donors (Lipinski definition) is 5. The molecular formula is C75H83ClN12O8. The van der Waals surface area contributed by atoms with Gasteiger partial charge in [-0.25, -0.2) is 9.59 Å². The van der Waals surface area contributed by atoms with E-state index in [2.05, 4.69) is 150 Å². The lowest BCUT2D eigenvalue weighted by atomic mass is 9.87. The van der Waals surface area contributed by atoms with E-state index in [-0.39, 0.29) is 101 Å². The Morgan fingerprint density at radius 3 is 1.40 bits per heavy atom. The lowest BCUT2D eigenvalue weighted by molar-refractivity contribution is -0.126. The van der Waals surface area contributed by atoms with Gasteiger partial charge in [0.25, 0.3) is 11.1 Å². The summed E-state index contributed by atoms with van der Waals surface area (Å²) in [5.41, 5.74) is 17.5. The number of nitrogens with one attached hydrogen (secondary N) is 4. The second-order valence-electron chi connectivity index (χ2n) is 26.3. The van der Waals surface area contributed by atoms with E-state index in [4.69, 9.17) is 26.8 Å². The minimum Gasteiger partial charge on any atom is -0.449 e. The Labute approximate surface area is 563 Å². The molecule has 0 bridgehead atoms. The third kappa shape index (κ3) is 15.9. The number of fused-ring (bicyclic) bond motifs is 6. The van der Waals surface area contributed by atoms with E-state index in [1.165, 1.54) is 55.6 Å². The van der Waals surface area contributed by atoms with Crippen LogP contribution in [0.5, 0.6) is 0 Å². The molecule has 498 valence electrons. The average molecular weight is 1320 g/mol. The highest BCUT2D eigenvalue weighted by Gasteiger charge is 2.37. The van der Waals surface area contributed by atoms with Crippen LogP contribution in [0.15, 0.2) is 167 Å². The van der Waals surface area contributed by atoms with Gasteiger partial charge in [0.2, 0.25) is 11.1 Å². The van der Waals surface area contributed by atoms with Gasteiger partial charge in [-0.2, -0.15) is 0 Å². The van der Waals surface area contributed by atoms with E-state index in [9.17, 15) is 28.8 Å². The number of nitrogens with two attached hydrogens (primary N) is 1. The zero-order chi connectivity index (χ0) is 66.7. The molecule has 0 radical (unpaired) electrons. The molecule has 6 N–H and O–H groups in total. The van der Waals surface area contributed by atoms with Crippen molar-refractivity contribution in [3.63, 3.8) is 0 Å². The van der Waals surface area contributed by atoms with Crippen molar-refractivity contribution in [2.45, 2.75) is 108 Å². The second-order valence-corrected chi connectivity index (χ2v) is 26.7. The summed E-state index contributed by atoms with van der Waals surface area (Å²) >= 11 is 5.56. The van der Waals surface area contributed by atoms with Crippen molar-refractivity contribution < 1.29 is 28.7 Å². The number of amides is 3. The maximum absolute atomic E-state index is 13.0. The first-order valence-corrected chi connectivity index (χ1v) is 34.0. The fourth-order valence-corrected chi connectivity index (χ4v) is 14.9. The smallest absolute Gasteiger partial charge is 0.409 e. The average Bonchev–Trinajstić information content (AvgIpc) is 1.66. The molecule has 3 saturated heterocycles. The molecule has 2 aromatic heterocycles. The Hall–Kier alpha value is -9.21. The van der Waals surface area contributed by atoms with Crippen LogP contribution in [0.3, 0.4) is 0 Å². The van der Waals surface area contributed by atoms with Gasteiger partial charge in [0.15, 0.2) is 0 Å². The van der Waals surface area contributed by atoms with Crippen molar-refractivity contribution in [1.82, 2.24) is 55.7 Å². The summed E-state index contributed by atoms with van der Waals surface area (Å²) in [5.74, 6) is 1.90. The van der Waals surface area contributed by atoms with Crippen LogP contribution >= 0.6 is 11.6 Å². The van der Waals surface area contributed by atoms with Crippen LogP contribution in [0.2, 0.25) is 0 Å². The molecule has 5 heterocycles. The molecule has 96 heavy (non-hydrogen) atoms. The molecule has 21 heteroatoms. The van der Waals surface area contributed by atoms with Crippen LogP contribution in [-0.4, -0.2) is 127 Å². The van der Waals surface area contributed by atoms with Crippen LogP contribution in [-0.2, 0) is 45.2 Å². The largest absolute Gasteiger partial charge is 0.449 e. The van der Waals surface area contributed by atoms with E-state index in [1.807, 2.05) is 72.8 Å². The summed E-state index contributed by atoms with van der Waals surface area (Å²) in [6, 6.07) is 53.9. The fourth-order valence-electron chi connectivity index (χ4n) is 14.7. The van der Waals surface area contributed by atoms with E-state index in [0.717, 1.165) is 65.0 Å². The maximum Gasteiger partial charge on any atom is 0.409 e. The standard InChI is InChI=1S/C37H40N6O4.C22H22ClNO3.C16H21N5O/c1-24-20-42(21-25-9-3-2-4-10-25)22-31(24)34-39-36(45)33(40-41-34)19-38-35(44)26-15-17-43(18-16-26)37(46)47-23-32-29-13-7-5-11-27(29)28-12-6-8-14-30(28)32;23-21(25)14-9-11-15(12-10-14)24-22(26)27-13-20-18-7-3-1-5-16(18)17-6-2-4-8-19(17)20;1-11-8-21(9-12-5-3-2-4-6-12)10-13(11)15-18-16(22)14(7-17)19-20-15/h2-14,24,26,31-32H,15-23H2,1H3,(H,38,44)(H,39,41,45);1-8,14-15,20H,9-13H2,(H,24,26);2-6,11,13H,7-10,17H2,1H3,(H,18,20,22). The molecule has 20 nitrogen and oxygen atoms in total. The van der Waals surface area contributed by atoms with E-state index in [1.54, 1.807) is 4.90 Å². The molecule has 6 aliphatic rings. The van der Waals surface area contributed by atoms with E-state index >= 15 is 0 Å². The SMILES string of the molecule is CC1CN(Cc2ccccc2)CC1c1nnc(CN)c(=O)[nH]1.CC1CN(Cc2ccccc2)CC1c1nnc(CNC(=O)C2CCN(C(=O)OCC3c4ccccc4-c4ccccc43)CC2)c(=O)[nH]1.O=C(NC1CCC(C(=O)Cl)CC1)OCC1c2ccccc2-c2ccccc21. The zero-order valence-corrected chi connectivity index (χ0v) is 55.0. The van der Waals surface area contributed by atoms with Crippen LogP contribution in [0.1, 0.15) is 132 Å². The monoisotopic (exact) mass is 1310 g/mol. The van der Waals surface area contributed by atoms with Gasteiger partial charge in [0.1, 0.15) is 36.3 Å². The molecule has 4 fully saturated rings. The van der Waals surface area contributed by atoms with Gasteiger partial charge >= 0.3 is 12.2 Å².